The molecule has 1 rings (SSSR count). The predicted octanol–water partition coefficient (Wildman–Crippen LogP) is 3.83. The lowest BCUT2D eigenvalue weighted by Gasteiger charge is -2.20. The normalized spacial score (nSPS) is 14.3. The Morgan fingerprint density at radius 2 is 2.11 bits per heavy atom. The van der Waals surface area contributed by atoms with Crippen LogP contribution in [0.15, 0.2) is 24.3 Å². The zero-order chi connectivity index (χ0) is 14.1. The summed E-state index contributed by atoms with van der Waals surface area (Å²) in [4.78, 5) is 0. The van der Waals surface area contributed by atoms with E-state index in [1.807, 2.05) is 23.9 Å². The van der Waals surface area contributed by atoms with Crippen LogP contribution < -0.4 is 5.32 Å². The van der Waals surface area contributed by atoms with Crippen LogP contribution in [-0.2, 0) is 6.42 Å². The maximum atomic E-state index is 9.53. The molecule has 0 spiro atoms. The van der Waals surface area contributed by atoms with Gasteiger partial charge in [-0.2, -0.15) is 11.8 Å². The summed E-state index contributed by atoms with van der Waals surface area (Å²) in [6.45, 7) is 7.78. The summed E-state index contributed by atoms with van der Waals surface area (Å²) in [5, 5.41) is 13.9. The summed E-state index contributed by atoms with van der Waals surface area (Å²) >= 11 is 2.03. The average molecular weight is 281 g/mol. The summed E-state index contributed by atoms with van der Waals surface area (Å²) in [5.41, 5.74) is 1.21. The fraction of sp³-hybridized carbons (Fsp3) is 0.625. The Hall–Kier alpha value is -0.670. The molecule has 2 N–H and O–H groups in total. The third-order valence-electron chi connectivity index (χ3n) is 3.23. The molecule has 0 bridgehead atoms. The van der Waals surface area contributed by atoms with Crippen molar-refractivity contribution in [2.75, 3.05) is 12.3 Å². The van der Waals surface area contributed by atoms with E-state index >= 15 is 0 Å². The maximum absolute atomic E-state index is 9.53. The first kappa shape index (κ1) is 16.4. The van der Waals surface area contributed by atoms with Crippen LogP contribution in [0.3, 0.4) is 0 Å². The topological polar surface area (TPSA) is 32.3 Å². The van der Waals surface area contributed by atoms with Crippen LogP contribution in [0.4, 0.5) is 0 Å². The van der Waals surface area contributed by atoms with Crippen LogP contribution >= 0.6 is 11.8 Å². The number of phenolic OH excluding ortho intramolecular Hbond substituents is 1. The molecule has 2 nitrogen and oxygen atoms in total. The van der Waals surface area contributed by atoms with Crippen molar-refractivity contribution in [2.24, 2.45) is 0 Å². The Kier molecular flexibility index (Phi) is 7.99. The number of rotatable bonds is 9. The lowest BCUT2D eigenvalue weighted by Crippen LogP contribution is -2.34. The van der Waals surface area contributed by atoms with E-state index in [0.717, 1.165) is 30.4 Å². The molecule has 1 aromatic rings. The Bertz CT molecular complexity index is 356. The van der Waals surface area contributed by atoms with Gasteiger partial charge >= 0.3 is 0 Å². The van der Waals surface area contributed by atoms with E-state index in [0.29, 0.717) is 11.8 Å². The molecule has 108 valence electrons. The first-order chi connectivity index (χ1) is 9.15. The standard InChI is InChI=1S/C16H27NOS/c1-4-9-17-15(12-19-13(3)5-2)10-14-7-6-8-16(18)11-14/h6-8,11,13,15,17-18H,4-5,9-10,12H2,1-3H3. The Labute approximate surface area is 122 Å². The molecule has 0 aliphatic rings. The first-order valence-corrected chi connectivity index (χ1v) is 8.33. The molecule has 0 amide bonds. The van der Waals surface area contributed by atoms with E-state index < -0.39 is 0 Å². The van der Waals surface area contributed by atoms with Gasteiger partial charge in [-0.25, -0.2) is 0 Å². The Morgan fingerprint density at radius 3 is 2.74 bits per heavy atom. The molecule has 0 aliphatic heterocycles. The van der Waals surface area contributed by atoms with Crippen LogP contribution in [0.2, 0.25) is 0 Å². The number of thioether (sulfide) groups is 1. The molecular weight excluding hydrogens is 254 g/mol. The quantitative estimate of drug-likeness (QED) is 0.721. The van der Waals surface area contributed by atoms with Gasteiger partial charge in [-0.05, 0) is 43.5 Å². The summed E-state index contributed by atoms with van der Waals surface area (Å²) in [6, 6.07) is 8.10. The van der Waals surface area contributed by atoms with E-state index in [4.69, 9.17) is 0 Å². The van der Waals surface area contributed by atoms with Crippen LogP contribution in [0, 0.1) is 0 Å². The minimum atomic E-state index is 0.362. The largest absolute Gasteiger partial charge is 0.508 e. The van der Waals surface area contributed by atoms with E-state index in [9.17, 15) is 5.11 Å². The predicted molar refractivity (Wildman–Crippen MR) is 86.1 cm³/mol. The van der Waals surface area contributed by atoms with Gasteiger partial charge in [-0.15, -0.1) is 0 Å². The highest BCUT2D eigenvalue weighted by molar-refractivity contribution is 7.99. The van der Waals surface area contributed by atoms with Crippen LogP contribution in [-0.4, -0.2) is 28.7 Å². The molecule has 0 heterocycles. The second-order valence-electron chi connectivity index (χ2n) is 5.08. The van der Waals surface area contributed by atoms with Gasteiger partial charge in [0.15, 0.2) is 0 Å². The Balaban J connectivity index is 2.53. The minimum absolute atomic E-state index is 0.362. The van der Waals surface area contributed by atoms with Crippen molar-refractivity contribution in [3.63, 3.8) is 0 Å². The SMILES string of the molecule is CCCNC(CSC(C)CC)Cc1cccc(O)c1. The fourth-order valence-corrected chi connectivity index (χ4v) is 2.94. The van der Waals surface area contributed by atoms with Crippen molar-refractivity contribution in [2.45, 2.75) is 51.3 Å². The molecular formula is C16H27NOS. The van der Waals surface area contributed by atoms with Gasteiger partial charge in [0.05, 0.1) is 0 Å². The number of nitrogens with one attached hydrogen (secondary N) is 1. The molecule has 0 aromatic heterocycles. The third-order valence-corrected chi connectivity index (χ3v) is 4.73. The highest BCUT2D eigenvalue weighted by Crippen LogP contribution is 2.18. The maximum Gasteiger partial charge on any atom is 0.115 e. The minimum Gasteiger partial charge on any atom is -0.508 e. The van der Waals surface area contributed by atoms with Crippen LogP contribution in [0.25, 0.3) is 0 Å². The zero-order valence-electron chi connectivity index (χ0n) is 12.4. The van der Waals surface area contributed by atoms with Gasteiger partial charge in [0.1, 0.15) is 5.75 Å². The second-order valence-corrected chi connectivity index (χ2v) is 6.55. The van der Waals surface area contributed by atoms with Gasteiger partial charge in [0.25, 0.3) is 0 Å². The molecule has 19 heavy (non-hydrogen) atoms. The molecule has 1 aromatic carbocycles. The molecule has 2 unspecified atom stereocenters. The highest BCUT2D eigenvalue weighted by atomic mass is 32.2. The van der Waals surface area contributed by atoms with Gasteiger partial charge < -0.3 is 10.4 Å². The number of hydrogen-bond acceptors (Lipinski definition) is 3. The summed E-state index contributed by atoms with van der Waals surface area (Å²) in [5.74, 6) is 1.49. The number of benzene rings is 1. The monoisotopic (exact) mass is 281 g/mol. The number of aromatic hydroxyl groups is 1. The van der Waals surface area contributed by atoms with Crippen molar-refractivity contribution < 1.29 is 5.11 Å². The molecule has 0 fully saturated rings. The molecule has 2 atom stereocenters. The van der Waals surface area contributed by atoms with E-state index in [1.165, 1.54) is 12.0 Å². The third kappa shape index (κ3) is 6.88. The lowest BCUT2D eigenvalue weighted by atomic mass is 10.1. The Morgan fingerprint density at radius 1 is 1.32 bits per heavy atom. The van der Waals surface area contributed by atoms with E-state index in [1.54, 1.807) is 6.07 Å². The van der Waals surface area contributed by atoms with Gasteiger partial charge in [-0.1, -0.05) is 32.9 Å². The molecule has 0 radical (unpaired) electrons. The molecule has 0 saturated carbocycles. The second kappa shape index (κ2) is 9.27. The average Bonchev–Trinajstić information content (AvgIpc) is 2.41. The zero-order valence-corrected chi connectivity index (χ0v) is 13.2. The smallest absolute Gasteiger partial charge is 0.115 e. The van der Waals surface area contributed by atoms with Crippen molar-refractivity contribution >= 4 is 11.8 Å². The van der Waals surface area contributed by atoms with E-state index in [-0.39, 0.29) is 0 Å². The molecule has 0 aliphatic carbocycles. The summed E-state index contributed by atoms with van der Waals surface area (Å²) < 4.78 is 0. The summed E-state index contributed by atoms with van der Waals surface area (Å²) in [7, 11) is 0. The van der Waals surface area contributed by atoms with Crippen LogP contribution in [0.5, 0.6) is 5.75 Å². The fourth-order valence-electron chi connectivity index (χ4n) is 1.90. The first-order valence-electron chi connectivity index (χ1n) is 7.28. The molecule has 0 saturated heterocycles. The highest BCUT2D eigenvalue weighted by Gasteiger charge is 2.11. The van der Waals surface area contributed by atoms with Crippen molar-refractivity contribution in [3.8, 4) is 5.75 Å². The van der Waals surface area contributed by atoms with Gasteiger partial charge in [0.2, 0.25) is 0 Å². The number of phenols is 1. The van der Waals surface area contributed by atoms with Crippen molar-refractivity contribution in [1.29, 1.82) is 0 Å². The van der Waals surface area contributed by atoms with Crippen molar-refractivity contribution in [3.05, 3.63) is 29.8 Å². The van der Waals surface area contributed by atoms with Gasteiger partial charge in [-0.3, -0.25) is 0 Å². The summed E-state index contributed by atoms with van der Waals surface area (Å²) in [6.07, 6.45) is 3.36. The van der Waals surface area contributed by atoms with Gasteiger partial charge in [0, 0.05) is 17.0 Å². The molecule has 3 heteroatoms. The van der Waals surface area contributed by atoms with Crippen LogP contribution in [0.1, 0.15) is 39.2 Å². The van der Waals surface area contributed by atoms with Crippen molar-refractivity contribution in [1.82, 2.24) is 5.32 Å². The number of hydrogen-bond donors (Lipinski definition) is 2. The van der Waals surface area contributed by atoms with E-state index in [2.05, 4.69) is 32.2 Å². The lowest BCUT2D eigenvalue weighted by molar-refractivity contribution is 0.473.